The molecule has 4 nitrogen and oxygen atoms in total. The molecule has 1 aromatic carbocycles. The van der Waals surface area contributed by atoms with E-state index in [2.05, 4.69) is 4.98 Å². The summed E-state index contributed by atoms with van der Waals surface area (Å²) in [6, 6.07) is 8.01. The summed E-state index contributed by atoms with van der Waals surface area (Å²) >= 11 is 5.67. The molecule has 0 saturated heterocycles. The van der Waals surface area contributed by atoms with Crippen molar-refractivity contribution in [3.63, 3.8) is 0 Å². The molecular formula is C11H6ClFN2O2. The maximum atomic E-state index is 13.0. The van der Waals surface area contributed by atoms with Crippen molar-refractivity contribution < 1.29 is 9.31 Å². The van der Waals surface area contributed by atoms with Gasteiger partial charge >= 0.3 is 0 Å². The van der Waals surface area contributed by atoms with Crippen molar-refractivity contribution in [2.24, 2.45) is 0 Å². The molecule has 1 heterocycles. The van der Waals surface area contributed by atoms with Gasteiger partial charge in [-0.25, -0.2) is 9.37 Å². The fourth-order valence-corrected chi connectivity index (χ4v) is 1.59. The van der Waals surface area contributed by atoms with E-state index in [1.54, 1.807) is 6.07 Å². The minimum absolute atomic E-state index is 0.00142. The van der Waals surface area contributed by atoms with Crippen molar-refractivity contribution in [1.29, 1.82) is 0 Å². The van der Waals surface area contributed by atoms with Gasteiger partial charge in [0, 0.05) is 11.6 Å². The van der Waals surface area contributed by atoms with E-state index in [0.717, 1.165) is 6.07 Å². The Kier molecular flexibility index (Phi) is 3.01. The van der Waals surface area contributed by atoms with Gasteiger partial charge in [-0.15, -0.1) is 0 Å². The maximum Gasteiger partial charge on any atom is 0.274 e. The molecular weight excluding hydrogens is 247 g/mol. The SMILES string of the molecule is O=[N+]([O-])c1cc(Cl)nc(-c2cccc(F)c2)c1. The summed E-state index contributed by atoms with van der Waals surface area (Å²) in [7, 11) is 0. The smallest absolute Gasteiger partial charge is 0.258 e. The van der Waals surface area contributed by atoms with Crippen LogP contribution in [0, 0.1) is 15.9 Å². The van der Waals surface area contributed by atoms with E-state index in [0.29, 0.717) is 5.56 Å². The first-order valence-electron chi connectivity index (χ1n) is 4.64. The van der Waals surface area contributed by atoms with Crippen molar-refractivity contribution in [3.8, 4) is 11.3 Å². The van der Waals surface area contributed by atoms with Crippen molar-refractivity contribution in [2.75, 3.05) is 0 Å². The lowest BCUT2D eigenvalue weighted by Gasteiger charge is -2.01. The molecule has 0 radical (unpaired) electrons. The second-order valence-corrected chi connectivity index (χ2v) is 3.69. The summed E-state index contributed by atoms with van der Waals surface area (Å²) in [4.78, 5) is 14.0. The Hall–Kier alpha value is -2.01. The molecule has 0 amide bonds. The highest BCUT2D eigenvalue weighted by atomic mass is 35.5. The topological polar surface area (TPSA) is 56.0 Å². The van der Waals surface area contributed by atoms with Gasteiger partial charge in [0.05, 0.1) is 16.7 Å². The van der Waals surface area contributed by atoms with Crippen LogP contribution in [0.5, 0.6) is 0 Å². The van der Waals surface area contributed by atoms with Crippen LogP contribution in [0.15, 0.2) is 36.4 Å². The number of hydrogen-bond donors (Lipinski definition) is 0. The van der Waals surface area contributed by atoms with Crippen LogP contribution in [-0.2, 0) is 0 Å². The summed E-state index contributed by atoms with van der Waals surface area (Å²) < 4.78 is 13.0. The van der Waals surface area contributed by atoms with Crippen LogP contribution >= 0.6 is 11.6 Å². The summed E-state index contributed by atoms with van der Waals surface area (Å²) in [5, 5.41) is 10.6. The van der Waals surface area contributed by atoms with Crippen LogP contribution in [0.25, 0.3) is 11.3 Å². The van der Waals surface area contributed by atoms with Crippen molar-refractivity contribution >= 4 is 17.3 Å². The van der Waals surface area contributed by atoms with Gasteiger partial charge in [-0.3, -0.25) is 10.1 Å². The zero-order valence-corrected chi connectivity index (χ0v) is 9.19. The largest absolute Gasteiger partial charge is 0.274 e. The molecule has 0 atom stereocenters. The molecule has 0 aliphatic rings. The van der Waals surface area contributed by atoms with Crippen LogP contribution in [0.1, 0.15) is 0 Å². The van der Waals surface area contributed by atoms with E-state index in [1.165, 1.54) is 24.3 Å². The zero-order chi connectivity index (χ0) is 12.4. The summed E-state index contributed by atoms with van der Waals surface area (Å²) in [6.07, 6.45) is 0. The highest BCUT2D eigenvalue weighted by Gasteiger charge is 2.11. The van der Waals surface area contributed by atoms with Crippen molar-refractivity contribution in [3.05, 3.63) is 57.5 Å². The van der Waals surface area contributed by atoms with Crippen molar-refractivity contribution in [1.82, 2.24) is 4.98 Å². The fraction of sp³-hybridized carbons (Fsp3) is 0. The van der Waals surface area contributed by atoms with Gasteiger partial charge < -0.3 is 0 Å². The third-order valence-corrected chi connectivity index (χ3v) is 2.30. The first-order chi connectivity index (χ1) is 8.06. The quantitative estimate of drug-likeness (QED) is 0.467. The summed E-state index contributed by atoms with van der Waals surface area (Å²) in [5.41, 5.74) is 0.531. The molecule has 0 aliphatic carbocycles. The molecule has 86 valence electrons. The standard InChI is InChI=1S/C11H6ClFN2O2/c12-11-6-9(15(16)17)5-10(14-11)7-2-1-3-8(13)4-7/h1-6H. The first kappa shape index (κ1) is 11.5. The Morgan fingerprint density at radius 1 is 1.29 bits per heavy atom. The Bertz CT molecular complexity index is 589. The van der Waals surface area contributed by atoms with Crippen LogP contribution in [0.2, 0.25) is 5.15 Å². The number of nitrogens with zero attached hydrogens (tertiary/aromatic N) is 2. The van der Waals surface area contributed by atoms with E-state index < -0.39 is 10.7 Å². The molecule has 0 aliphatic heterocycles. The van der Waals surface area contributed by atoms with Crippen LogP contribution < -0.4 is 0 Å². The molecule has 17 heavy (non-hydrogen) atoms. The minimum atomic E-state index is -0.573. The monoisotopic (exact) mass is 252 g/mol. The molecule has 2 rings (SSSR count). The summed E-state index contributed by atoms with van der Waals surface area (Å²) in [5.74, 6) is -0.438. The molecule has 0 spiro atoms. The lowest BCUT2D eigenvalue weighted by atomic mass is 10.1. The lowest BCUT2D eigenvalue weighted by Crippen LogP contribution is -1.92. The van der Waals surface area contributed by atoms with E-state index in [1.807, 2.05) is 0 Å². The molecule has 2 aromatic rings. The Morgan fingerprint density at radius 2 is 2.06 bits per heavy atom. The van der Waals surface area contributed by atoms with Gasteiger partial charge in [-0.2, -0.15) is 0 Å². The Labute approximate surface area is 101 Å². The Morgan fingerprint density at radius 3 is 2.71 bits per heavy atom. The molecule has 6 heteroatoms. The average molecular weight is 253 g/mol. The minimum Gasteiger partial charge on any atom is -0.258 e. The Balaban J connectivity index is 2.56. The molecule has 0 fully saturated rings. The molecule has 0 N–H and O–H groups in total. The van der Waals surface area contributed by atoms with Gasteiger partial charge in [0.15, 0.2) is 0 Å². The number of rotatable bonds is 2. The highest BCUT2D eigenvalue weighted by Crippen LogP contribution is 2.25. The maximum absolute atomic E-state index is 13.0. The second kappa shape index (κ2) is 4.47. The summed E-state index contributed by atoms with van der Waals surface area (Å²) in [6.45, 7) is 0. The van der Waals surface area contributed by atoms with Crippen LogP contribution in [0.4, 0.5) is 10.1 Å². The van der Waals surface area contributed by atoms with Crippen LogP contribution in [0.3, 0.4) is 0 Å². The number of benzene rings is 1. The normalized spacial score (nSPS) is 10.2. The highest BCUT2D eigenvalue weighted by molar-refractivity contribution is 6.29. The zero-order valence-electron chi connectivity index (χ0n) is 8.43. The molecule has 0 saturated carbocycles. The van der Waals surface area contributed by atoms with E-state index in [9.17, 15) is 14.5 Å². The molecule has 1 aromatic heterocycles. The predicted octanol–water partition coefficient (Wildman–Crippen LogP) is 3.45. The lowest BCUT2D eigenvalue weighted by molar-refractivity contribution is -0.384. The number of nitro groups is 1. The van der Waals surface area contributed by atoms with E-state index in [4.69, 9.17) is 11.6 Å². The number of aromatic nitrogens is 1. The first-order valence-corrected chi connectivity index (χ1v) is 5.02. The van der Waals surface area contributed by atoms with Gasteiger partial charge in [0.2, 0.25) is 0 Å². The van der Waals surface area contributed by atoms with Gasteiger partial charge in [-0.1, -0.05) is 23.7 Å². The van der Waals surface area contributed by atoms with Gasteiger partial charge in [-0.05, 0) is 12.1 Å². The second-order valence-electron chi connectivity index (χ2n) is 3.30. The third-order valence-electron chi connectivity index (χ3n) is 2.11. The number of pyridine rings is 1. The number of halogens is 2. The van der Waals surface area contributed by atoms with Gasteiger partial charge in [0.1, 0.15) is 11.0 Å². The number of hydrogen-bond acceptors (Lipinski definition) is 3. The molecule has 0 unspecified atom stereocenters. The van der Waals surface area contributed by atoms with Crippen molar-refractivity contribution in [2.45, 2.75) is 0 Å². The van der Waals surface area contributed by atoms with E-state index >= 15 is 0 Å². The predicted molar refractivity (Wildman–Crippen MR) is 61.3 cm³/mol. The van der Waals surface area contributed by atoms with E-state index in [-0.39, 0.29) is 16.5 Å². The third kappa shape index (κ3) is 2.57. The fourth-order valence-electron chi connectivity index (χ4n) is 1.38. The molecule has 0 bridgehead atoms. The average Bonchev–Trinajstić information content (AvgIpc) is 2.28. The van der Waals surface area contributed by atoms with Gasteiger partial charge in [0.25, 0.3) is 5.69 Å². The van der Waals surface area contributed by atoms with Crippen LogP contribution in [-0.4, -0.2) is 9.91 Å².